The van der Waals surface area contributed by atoms with Gasteiger partial charge >= 0.3 is 0 Å². The van der Waals surface area contributed by atoms with Gasteiger partial charge in [0, 0.05) is 23.8 Å². The van der Waals surface area contributed by atoms with E-state index in [-0.39, 0.29) is 11.3 Å². The zero-order valence-electron chi connectivity index (χ0n) is 11.8. The number of nitrogens with one attached hydrogen (secondary N) is 2. The molecule has 0 radical (unpaired) electrons. The zero-order chi connectivity index (χ0) is 13.5. The maximum atomic E-state index is 12.4. The van der Waals surface area contributed by atoms with E-state index in [0.29, 0.717) is 6.04 Å². The molecule has 2 aliphatic rings. The first-order chi connectivity index (χ1) is 9.06. The molecule has 1 atom stereocenters. The van der Waals surface area contributed by atoms with Crippen LogP contribution >= 0.6 is 0 Å². The summed E-state index contributed by atoms with van der Waals surface area (Å²) in [6.07, 6.45) is 4.54. The normalized spacial score (nSPS) is 23.8. The van der Waals surface area contributed by atoms with Crippen molar-refractivity contribution in [3.8, 4) is 0 Å². The summed E-state index contributed by atoms with van der Waals surface area (Å²) in [7, 11) is 0. The summed E-state index contributed by atoms with van der Waals surface area (Å²) in [4.78, 5) is 12.4. The molecule has 1 fully saturated rings. The van der Waals surface area contributed by atoms with Crippen LogP contribution in [0.1, 0.15) is 49.0 Å². The fraction of sp³-hybridized carbons (Fsp3) is 0.562. The molecule has 3 heteroatoms. The number of fused-ring (bicyclic) bond motifs is 1. The topological polar surface area (TPSA) is 41.1 Å². The zero-order valence-corrected chi connectivity index (χ0v) is 11.8. The molecule has 3 nitrogen and oxygen atoms in total. The van der Waals surface area contributed by atoms with Crippen molar-refractivity contribution in [1.82, 2.24) is 5.32 Å². The highest BCUT2D eigenvalue weighted by atomic mass is 16.1. The van der Waals surface area contributed by atoms with Crippen LogP contribution < -0.4 is 10.6 Å². The number of hydrogen-bond donors (Lipinski definition) is 2. The molecule has 1 heterocycles. The highest BCUT2D eigenvalue weighted by molar-refractivity contribution is 5.95. The van der Waals surface area contributed by atoms with Gasteiger partial charge in [-0.25, -0.2) is 0 Å². The third kappa shape index (κ3) is 2.34. The Morgan fingerprint density at radius 3 is 3.00 bits per heavy atom. The molecule has 102 valence electrons. The maximum Gasteiger partial charge on any atom is 0.251 e. The van der Waals surface area contributed by atoms with Crippen molar-refractivity contribution < 1.29 is 4.79 Å². The molecular weight excluding hydrogens is 236 g/mol. The molecule has 3 rings (SSSR count). The number of carbonyl (C=O) groups excluding carboxylic acids is 1. The van der Waals surface area contributed by atoms with Gasteiger partial charge < -0.3 is 10.6 Å². The second-order valence-corrected chi connectivity index (χ2v) is 6.46. The minimum Gasteiger partial charge on any atom is -0.384 e. The van der Waals surface area contributed by atoms with E-state index in [2.05, 4.69) is 24.5 Å². The average molecular weight is 258 g/mol. The van der Waals surface area contributed by atoms with Crippen molar-refractivity contribution >= 4 is 11.6 Å². The van der Waals surface area contributed by atoms with E-state index in [1.807, 2.05) is 18.2 Å². The predicted molar refractivity (Wildman–Crippen MR) is 77.5 cm³/mol. The van der Waals surface area contributed by atoms with Gasteiger partial charge in [-0.1, -0.05) is 20.3 Å². The highest BCUT2D eigenvalue weighted by Crippen LogP contribution is 2.37. The van der Waals surface area contributed by atoms with Gasteiger partial charge in [0.05, 0.1) is 0 Å². The van der Waals surface area contributed by atoms with E-state index in [1.165, 1.54) is 24.1 Å². The first kappa shape index (κ1) is 12.5. The Kier molecular flexibility index (Phi) is 3.00. The van der Waals surface area contributed by atoms with Crippen molar-refractivity contribution in [3.63, 3.8) is 0 Å². The lowest BCUT2D eigenvalue weighted by Crippen LogP contribution is -2.41. The summed E-state index contributed by atoms with van der Waals surface area (Å²) in [5.74, 6) is 0.0784. The van der Waals surface area contributed by atoms with Crippen molar-refractivity contribution in [2.75, 3.05) is 11.9 Å². The Labute approximate surface area is 114 Å². The molecule has 1 aliphatic carbocycles. The quantitative estimate of drug-likeness (QED) is 0.856. The van der Waals surface area contributed by atoms with Crippen molar-refractivity contribution in [3.05, 3.63) is 29.3 Å². The summed E-state index contributed by atoms with van der Waals surface area (Å²) >= 11 is 0. The van der Waals surface area contributed by atoms with Gasteiger partial charge in [0.15, 0.2) is 0 Å². The predicted octanol–water partition coefficient (Wildman–Crippen LogP) is 2.96. The van der Waals surface area contributed by atoms with Crippen LogP contribution in [0.15, 0.2) is 18.2 Å². The Bertz CT molecular complexity index is 507. The molecule has 0 aromatic heterocycles. The van der Waals surface area contributed by atoms with Crippen LogP contribution in [0.5, 0.6) is 0 Å². The molecule has 1 aliphatic heterocycles. The Morgan fingerprint density at radius 1 is 1.42 bits per heavy atom. The fourth-order valence-corrected chi connectivity index (χ4v) is 3.28. The lowest BCUT2D eigenvalue weighted by atomic mass is 9.87. The molecule has 0 spiro atoms. The van der Waals surface area contributed by atoms with Crippen LogP contribution in [0.25, 0.3) is 0 Å². The minimum atomic E-state index is 0.0784. The van der Waals surface area contributed by atoms with Gasteiger partial charge in [-0.15, -0.1) is 0 Å². The van der Waals surface area contributed by atoms with E-state index in [1.54, 1.807) is 0 Å². The minimum absolute atomic E-state index is 0.0784. The molecule has 0 bridgehead atoms. The van der Waals surface area contributed by atoms with Crippen LogP contribution in [0, 0.1) is 5.41 Å². The van der Waals surface area contributed by atoms with E-state index >= 15 is 0 Å². The molecular formula is C16H22N2O. The second-order valence-electron chi connectivity index (χ2n) is 6.46. The standard InChI is InChI=1S/C16H22N2O/c1-16(2)8-3-4-14(16)18-15(19)12-5-6-13-11(10-12)7-9-17-13/h5-6,10,14,17H,3-4,7-9H2,1-2H3,(H,18,19). The fourth-order valence-electron chi connectivity index (χ4n) is 3.28. The Balaban J connectivity index is 1.74. The number of benzene rings is 1. The first-order valence-electron chi connectivity index (χ1n) is 7.24. The average Bonchev–Trinajstić information content (AvgIpc) is 2.95. The van der Waals surface area contributed by atoms with Gasteiger partial charge in [0.25, 0.3) is 5.91 Å². The molecule has 1 aromatic rings. The molecule has 19 heavy (non-hydrogen) atoms. The third-order valence-corrected chi connectivity index (χ3v) is 4.64. The highest BCUT2D eigenvalue weighted by Gasteiger charge is 2.35. The molecule has 1 amide bonds. The molecule has 2 N–H and O–H groups in total. The van der Waals surface area contributed by atoms with Crippen molar-refractivity contribution in [1.29, 1.82) is 0 Å². The molecule has 1 saturated carbocycles. The van der Waals surface area contributed by atoms with E-state index in [9.17, 15) is 4.79 Å². The van der Waals surface area contributed by atoms with Crippen LogP contribution in [-0.4, -0.2) is 18.5 Å². The number of anilines is 1. The van der Waals surface area contributed by atoms with Crippen molar-refractivity contribution in [2.45, 2.75) is 45.6 Å². The summed E-state index contributed by atoms with van der Waals surface area (Å²) in [6.45, 7) is 5.48. The monoisotopic (exact) mass is 258 g/mol. The number of amides is 1. The van der Waals surface area contributed by atoms with E-state index in [4.69, 9.17) is 0 Å². The number of hydrogen-bond acceptors (Lipinski definition) is 2. The summed E-state index contributed by atoms with van der Waals surface area (Å²) < 4.78 is 0. The van der Waals surface area contributed by atoms with E-state index < -0.39 is 0 Å². The molecule has 1 unspecified atom stereocenters. The smallest absolute Gasteiger partial charge is 0.251 e. The first-order valence-corrected chi connectivity index (χ1v) is 7.24. The Hall–Kier alpha value is -1.51. The summed E-state index contributed by atoms with van der Waals surface area (Å²) in [5, 5.41) is 6.54. The van der Waals surface area contributed by atoms with Crippen LogP contribution in [0.4, 0.5) is 5.69 Å². The van der Waals surface area contributed by atoms with Gasteiger partial charge in [0.1, 0.15) is 0 Å². The van der Waals surface area contributed by atoms with E-state index in [0.717, 1.165) is 24.9 Å². The number of rotatable bonds is 2. The lowest BCUT2D eigenvalue weighted by molar-refractivity contribution is 0.0910. The third-order valence-electron chi connectivity index (χ3n) is 4.64. The van der Waals surface area contributed by atoms with Crippen LogP contribution in [-0.2, 0) is 6.42 Å². The van der Waals surface area contributed by atoms with Gasteiger partial charge in [-0.05, 0) is 48.4 Å². The summed E-state index contributed by atoms with van der Waals surface area (Å²) in [6, 6.07) is 6.30. The maximum absolute atomic E-state index is 12.4. The van der Waals surface area contributed by atoms with Gasteiger partial charge in [-0.2, -0.15) is 0 Å². The van der Waals surface area contributed by atoms with Gasteiger partial charge in [0.2, 0.25) is 0 Å². The second kappa shape index (κ2) is 4.55. The molecule has 0 saturated heterocycles. The number of carbonyl (C=O) groups is 1. The van der Waals surface area contributed by atoms with Crippen LogP contribution in [0.3, 0.4) is 0 Å². The largest absolute Gasteiger partial charge is 0.384 e. The summed E-state index contributed by atoms with van der Waals surface area (Å²) in [5.41, 5.74) is 3.47. The molecule has 1 aromatic carbocycles. The van der Waals surface area contributed by atoms with Crippen LogP contribution in [0.2, 0.25) is 0 Å². The van der Waals surface area contributed by atoms with Gasteiger partial charge in [-0.3, -0.25) is 4.79 Å². The lowest BCUT2D eigenvalue weighted by Gasteiger charge is -2.27. The van der Waals surface area contributed by atoms with Crippen molar-refractivity contribution in [2.24, 2.45) is 5.41 Å². The SMILES string of the molecule is CC1(C)CCCC1NC(=O)c1ccc2c(c1)CCN2. The Morgan fingerprint density at radius 2 is 2.26 bits per heavy atom.